The predicted octanol–water partition coefficient (Wildman–Crippen LogP) is 1.53. The number of likely N-dealkylation sites (N-methyl/N-ethyl adjacent to an activating group) is 1. The number of aromatic nitrogens is 1. The van der Waals surface area contributed by atoms with E-state index in [1.807, 2.05) is 6.07 Å². The number of likely N-dealkylation sites (tertiary alicyclic amines) is 1. The Morgan fingerprint density at radius 2 is 2.35 bits per heavy atom. The van der Waals surface area contributed by atoms with Gasteiger partial charge in [-0.2, -0.15) is 0 Å². The van der Waals surface area contributed by atoms with E-state index >= 15 is 0 Å². The summed E-state index contributed by atoms with van der Waals surface area (Å²) in [4.78, 5) is 6.51. The number of hydrogen-bond donors (Lipinski definition) is 1. The van der Waals surface area contributed by atoms with Gasteiger partial charge in [-0.05, 0) is 32.2 Å². The fourth-order valence-electron chi connectivity index (χ4n) is 3.26. The van der Waals surface area contributed by atoms with Gasteiger partial charge in [0.1, 0.15) is 12.4 Å². The molecule has 2 fully saturated rings. The molecule has 0 aromatic carbocycles. The number of anilines is 1. The van der Waals surface area contributed by atoms with Gasteiger partial charge in [-0.1, -0.05) is 0 Å². The number of fused-ring (bicyclic) bond motifs is 2. The molecule has 17 heavy (non-hydrogen) atoms. The molecule has 2 bridgehead atoms. The number of nitrogen functional groups attached to an aromatic ring is 1. The van der Waals surface area contributed by atoms with E-state index in [2.05, 4.69) is 16.9 Å². The molecule has 4 heteroatoms. The third-order valence-electron chi connectivity index (χ3n) is 4.24. The number of nitrogens with two attached hydrogens (primary N) is 1. The van der Waals surface area contributed by atoms with Gasteiger partial charge in [-0.15, -0.1) is 0 Å². The van der Waals surface area contributed by atoms with Crippen LogP contribution in [0.2, 0.25) is 0 Å². The Labute approximate surface area is 102 Å². The van der Waals surface area contributed by atoms with E-state index in [-0.39, 0.29) is 0 Å². The summed E-state index contributed by atoms with van der Waals surface area (Å²) >= 11 is 0. The lowest BCUT2D eigenvalue weighted by atomic mass is 10.00. The van der Waals surface area contributed by atoms with Gasteiger partial charge in [0.25, 0.3) is 0 Å². The van der Waals surface area contributed by atoms with Gasteiger partial charge in [0.05, 0.1) is 18.1 Å². The first-order chi connectivity index (χ1) is 8.24. The highest BCUT2D eigenvalue weighted by Gasteiger charge is 2.43. The van der Waals surface area contributed by atoms with Crippen molar-refractivity contribution < 1.29 is 4.74 Å². The van der Waals surface area contributed by atoms with Crippen molar-refractivity contribution in [1.82, 2.24) is 9.88 Å². The summed E-state index contributed by atoms with van der Waals surface area (Å²) < 4.78 is 5.81. The van der Waals surface area contributed by atoms with Crippen LogP contribution in [0.15, 0.2) is 18.5 Å². The summed E-state index contributed by atoms with van der Waals surface area (Å²) in [6.07, 6.45) is 7.43. The van der Waals surface area contributed by atoms with E-state index in [0.29, 0.717) is 11.7 Å². The van der Waals surface area contributed by atoms with Crippen LogP contribution < -0.4 is 10.5 Å². The van der Waals surface area contributed by atoms with Crippen LogP contribution in [-0.2, 0) is 0 Å². The van der Waals surface area contributed by atoms with Crippen molar-refractivity contribution >= 4 is 5.69 Å². The molecule has 1 saturated heterocycles. The van der Waals surface area contributed by atoms with Crippen LogP contribution in [0.4, 0.5) is 5.69 Å². The van der Waals surface area contributed by atoms with Crippen LogP contribution in [0.1, 0.15) is 19.3 Å². The monoisotopic (exact) mass is 233 g/mol. The molecule has 2 heterocycles. The lowest BCUT2D eigenvalue weighted by Gasteiger charge is -2.31. The van der Waals surface area contributed by atoms with Gasteiger partial charge >= 0.3 is 0 Å². The van der Waals surface area contributed by atoms with Gasteiger partial charge in [0.2, 0.25) is 0 Å². The third-order valence-corrected chi connectivity index (χ3v) is 4.24. The zero-order valence-corrected chi connectivity index (χ0v) is 10.2. The number of hydrogen-bond acceptors (Lipinski definition) is 4. The van der Waals surface area contributed by atoms with Crippen LogP contribution in [0.3, 0.4) is 0 Å². The highest BCUT2D eigenvalue weighted by molar-refractivity contribution is 5.39. The fraction of sp³-hybridized carbons (Fsp3) is 0.615. The zero-order chi connectivity index (χ0) is 11.8. The van der Waals surface area contributed by atoms with Crippen molar-refractivity contribution in [2.75, 3.05) is 19.4 Å². The Kier molecular flexibility index (Phi) is 2.67. The maximum Gasteiger partial charge on any atom is 0.139 e. The minimum absolute atomic E-state index is 0.565. The summed E-state index contributed by atoms with van der Waals surface area (Å²) in [6, 6.07) is 3.18. The van der Waals surface area contributed by atoms with Crippen molar-refractivity contribution in [2.24, 2.45) is 5.92 Å². The third kappa shape index (κ3) is 1.97. The zero-order valence-electron chi connectivity index (χ0n) is 10.2. The molecule has 0 amide bonds. The Bertz CT molecular complexity index is 407. The van der Waals surface area contributed by atoms with Crippen LogP contribution >= 0.6 is 0 Å². The van der Waals surface area contributed by atoms with E-state index in [1.54, 1.807) is 12.4 Å². The molecule has 1 aromatic rings. The Morgan fingerprint density at radius 3 is 3.06 bits per heavy atom. The second-order valence-corrected chi connectivity index (χ2v) is 5.22. The first-order valence-corrected chi connectivity index (χ1v) is 6.29. The highest BCUT2D eigenvalue weighted by atomic mass is 16.5. The number of nitrogens with zero attached hydrogens (tertiary/aromatic N) is 2. The Balaban J connectivity index is 1.61. The van der Waals surface area contributed by atoms with E-state index in [9.17, 15) is 0 Å². The molecule has 3 atom stereocenters. The van der Waals surface area contributed by atoms with Gasteiger partial charge in [0, 0.05) is 18.2 Å². The first-order valence-electron chi connectivity index (χ1n) is 6.29. The summed E-state index contributed by atoms with van der Waals surface area (Å²) in [7, 11) is 2.22. The molecule has 1 saturated carbocycles. The topological polar surface area (TPSA) is 51.4 Å². The second kappa shape index (κ2) is 4.18. The summed E-state index contributed by atoms with van der Waals surface area (Å²) in [6.45, 7) is 0.753. The van der Waals surface area contributed by atoms with Crippen molar-refractivity contribution in [3.63, 3.8) is 0 Å². The van der Waals surface area contributed by atoms with E-state index in [1.165, 1.54) is 19.3 Å². The average Bonchev–Trinajstić information content (AvgIpc) is 2.88. The Morgan fingerprint density at radius 1 is 1.47 bits per heavy atom. The highest BCUT2D eigenvalue weighted by Crippen LogP contribution is 2.41. The fourth-order valence-corrected chi connectivity index (χ4v) is 3.26. The average molecular weight is 233 g/mol. The minimum atomic E-state index is 0.565. The molecule has 1 aliphatic heterocycles. The molecule has 3 rings (SSSR count). The van der Waals surface area contributed by atoms with Gasteiger partial charge in [-0.25, -0.2) is 0 Å². The smallest absolute Gasteiger partial charge is 0.139 e. The van der Waals surface area contributed by atoms with Gasteiger partial charge < -0.3 is 10.5 Å². The Hall–Kier alpha value is -1.29. The van der Waals surface area contributed by atoms with Gasteiger partial charge in [0.15, 0.2) is 0 Å². The molecule has 92 valence electrons. The van der Waals surface area contributed by atoms with E-state index < -0.39 is 0 Å². The van der Waals surface area contributed by atoms with Crippen molar-refractivity contribution in [3.05, 3.63) is 18.5 Å². The number of piperidine rings is 1. The maximum atomic E-state index is 5.81. The van der Waals surface area contributed by atoms with Crippen LogP contribution in [-0.4, -0.2) is 35.6 Å². The van der Waals surface area contributed by atoms with Crippen molar-refractivity contribution in [3.8, 4) is 5.75 Å². The maximum absolute atomic E-state index is 5.81. The molecular weight excluding hydrogens is 214 g/mol. The second-order valence-electron chi connectivity index (χ2n) is 5.22. The van der Waals surface area contributed by atoms with Crippen LogP contribution in [0, 0.1) is 5.92 Å². The largest absolute Gasteiger partial charge is 0.490 e. The molecule has 2 N–H and O–H groups in total. The molecule has 2 aliphatic rings. The molecule has 1 unspecified atom stereocenters. The quantitative estimate of drug-likeness (QED) is 0.860. The molecule has 0 radical (unpaired) electrons. The predicted molar refractivity (Wildman–Crippen MR) is 66.8 cm³/mol. The van der Waals surface area contributed by atoms with E-state index in [0.717, 1.165) is 24.3 Å². The van der Waals surface area contributed by atoms with Crippen LogP contribution in [0.5, 0.6) is 5.75 Å². The van der Waals surface area contributed by atoms with Crippen molar-refractivity contribution in [1.29, 1.82) is 0 Å². The number of pyridine rings is 1. The number of ether oxygens (including phenoxy) is 1. The molecule has 1 aliphatic carbocycles. The molecule has 1 aromatic heterocycles. The molecule has 0 spiro atoms. The summed E-state index contributed by atoms with van der Waals surface area (Å²) in [5.41, 5.74) is 6.33. The lowest BCUT2D eigenvalue weighted by Crippen LogP contribution is -2.41. The SMILES string of the molecule is CN1C(COc2cncc(N)c2)[C@@H]2CC[C@H]1C2. The normalized spacial score (nSPS) is 31.9. The molecular formula is C13H19N3O. The number of rotatable bonds is 3. The standard InChI is InChI=1S/C13H19N3O/c1-16-11-3-2-9(4-11)13(16)8-17-12-5-10(14)6-15-7-12/h5-7,9,11,13H,2-4,8,14H2,1H3/t9-,11+,13?/m1/s1. The van der Waals surface area contributed by atoms with Crippen molar-refractivity contribution in [2.45, 2.75) is 31.3 Å². The van der Waals surface area contributed by atoms with Gasteiger partial charge in [-0.3, -0.25) is 9.88 Å². The van der Waals surface area contributed by atoms with Crippen LogP contribution in [0.25, 0.3) is 0 Å². The summed E-state index contributed by atoms with van der Waals surface area (Å²) in [5, 5.41) is 0. The first kappa shape index (κ1) is 10.8. The summed E-state index contributed by atoms with van der Waals surface area (Å²) in [5.74, 6) is 1.60. The lowest BCUT2D eigenvalue weighted by molar-refractivity contribution is 0.118. The van der Waals surface area contributed by atoms with E-state index in [4.69, 9.17) is 10.5 Å². The molecule has 4 nitrogen and oxygen atoms in total. The minimum Gasteiger partial charge on any atom is -0.490 e.